The van der Waals surface area contributed by atoms with Gasteiger partial charge < -0.3 is 56.5 Å². The normalized spacial score (nSPS) is 8.63. The Bertz CT molecular complexity index is 1110. The molecule has 38 heavy (non-hydrogen) atoms. The maximum Gasteiger partial charge on any atom is 2.00 e. The molecule has 0 saturated carbocycles. The number of aromatic hydroxyl groups is 4. The summed E-state index contributed by atoms with van der Waals surface area (Å²) in [4.78, 5) is 32.6. The Labute approximate surface area is 223 Å². The van der Waals surface area contributed by atoms with Crippen molar-refractivity contribution >= 4 is 0 Å². The van der Waals surface area contributed by atoms with Gasteiger partial charge in [0.2, 0.25) is 0 Å². The van der Waals surface area contributed by atoms with Gasteiger partial charge in [0.1, 0.15) is 23.0 Å². The van der Waals surface area contributed by atoms with Gasteiger partial charge in [0, 0.05) is 49.1 Å². The molecule has 0 fully saturated rings. The molecule has 0 aliphatic rings. The van der Waals surface area contributed by atoms with Gasteiger partial charge in [-0.3, -0.25) is 19.9 Å². The largest absolute Gasteiger partial charge is 2.00 e. The molecule has 0 amide bonds. The Morgan fingerprint density at radius 1 is 0.500 bits per heavy atom. The third kappa shape index (κ3) is 14.8. The molecule has 4 aromatic rings. The van der Waals surface area contributed by atoms with Crippen molar-refractivity contribution in [1.82, 2.24) is 19.9 Å². The molecule has 0 bridgehead atoms. The number of nitrogens with zero attached hydrogens (tertiary/aromatic N) is 6. The summed E-state index contributed by atoms with van der Waals surface area (Å²) in [5.41, 5.74) is 2.11. The predicted octanol–water partition coefficient (Wildman–Crippen LogP) is 1.80. The third-order valence-electron chi connectivity index (χ3n) is 3.50. The first kappa shape index (κ1) is 34.8. The van der Waals surface area contributed by atoms with Gasteiger partial charge in [-0.15, -0.1) is 0 Å². The summed E-state index contributed by atoms with van der Waals surface area (Å²) in [6.07, 6.45) is 5.93. The summed E-state index contributed by atoms with van der Waals surface area (Å²) in [5.74, 6) is 0.501. The minimum Gasteiger partial charge on any atom is -0.508 e. The van der Waals surface area contributed by atoms with Crippen LogP contribution in [0.5, 0.6) is 23.0 Å². The summed E-state index contributed by atoms with van der Waals surface area (Å²) in [7, 11) is 0. The van der Waals surface area contributed by atoms with Gasteiger partial charge >= 0.3 is 17.1 Å². The van der Waals surface area contributed by atoms with Crippen LogP contribution in [0.1, 0.15) is 0 Å². The van der Waals surface area contributed by atoms with E-state index < -0.39 is 10.2 Å². The van der Waals surface area contributed by atoms with E-state index in [1.54, 1.807) is 0 Å². The van der Waals surface area contributed by atoms with Crippen LogP contribution in [0.25, 0.3) is 22.8 Å². The molecule has 1 radical (unpaired) electrons. The van der Waals surface area contributed by atoms with E-state index in [9.17, 15) is 20.4 Å². The SMILES string of the molecule is O.O=[N+]([O-])[O-].O=[N+]([O-])[O-].Oc1ccnc(-c2cc(O)ccn2)c1.Oc1ccnc(-c2cc(O)ccn2)c1.[Cu+2]. The first-order chi connectivity index (χ1) is 17.0. The van der Waals surface area contributed by atoms with E-state index in [1.165, 1.54) is 73.3 Å². The Hall–Kier alpha value is -5.32. The average Bonchev–Trinajstić information content (AvgIpc) is 2.79. The van der Waals surface area contributed by atoms with Crippen molar-refractivity contribution in [2.24, 2.45) is 0 Å². The van der Waals surface area contributed by atoms with E-state index in [0.29, 0.717) is 22.8 Å². The number of pyridine rings is 4. The summed E-state index contributed by atoms with van der Waals surface area (Å²) < 4.78 is 0. The fraction of sp³-hybridized carbons (Fsp3) is 0. The number of hydrogen-bond donors (Lipinski definition) is 4. The van der Waals surface area contributed by atoms with E-state index in [2.05, 4.69) is 19.9 Å². The Kier molecular flexibility index (Phi) is 16.5. The van der Waals surface area contributed by atoms with Gasteiger partial charge in [0.15, 0.2) is 0 Å². The van der Waals surface area contributed by atoms with Crippen molar-refractivity contribution in [2.75, 3.05) is 0 Å². The maximum atomic E-state index is 9.21. The van der Waals surface area contributed by atoms with Crippen LogP contribution in [0.2, 0.25) is 0 Å². The van der Waals surface area contributed by atoms with E-state index in [-0.39, 0.29) is 45.5 Å². The molecule has 0 unspecified atom stereocenters. The summed E-state index contributed by atoms with van der Waals surface area (Å²) >= 11 is 0. The van der Waals surface area contributed by atoms with Crippen LogP contribution in [0.4, 0.5) is 0 Å². The van der Waals surface area contributed by atoms with E-state index in [0.717, 1.165) is 0 Å². The fourth-order valence-corrected chi connectivity index (χ4v) is 2.24. The number of rotatable bonds is 2. The quantitative estimate of drug-likeness (QED) is 0.149. The van der Waals surface area contributed by atoms with Crippen LogP contribution in [-0.4, -0.2) is 56.0 Å². The van der Waals surface area contributed by atoms with Crippen LogP contribution in [0.3, 0.4) is 0 Å². The molecule has 4 aromatic heterocycles. The zero-order chi connectivity index (χ0) is 27.1. The van der Waals surface area contributed by atoms with Crippen molar-refractivity contribution in [3.8, 4) is 45.8 Å². The van der Waals surface area contributed by atoms with Gasteiger partial charge in [-0.25, -0.2) is 0 Å². The van der Waals surface area contributed by atoms with Crippen LogP contribution >= 0.6 is 0 Å². The molecule has 0 spiro atoms. The van der Waals surface area contributed by atoms with Crippen molar-refractivity contribution < 1.29 is 53.1 Å². The second kappa shape index (κ2) is 18.0. The fourth-order valence-electron chi connectivity index (χ4n) is 2.24. The summed E-state index contributed by atoms with van der Waals surface area (Å²) in [6, 6.07) is 11.9. The second-order valence-corrected chi connectivity index (χ2v) is 6.04. The van der Waals surface area contributed by atoms with Gasteiger partial charge in [0.25, 0.3) is 0 Å². The van der Waals surface area contributed by atoms with E-state index in [4.69, 9.17) is 30.6 Å². The monoisotopic (exact) mass is 581 g/mol. The van der Waals surface area contributed by atoms with Crippen molar-refractivity contribution in [3.05, 3.63) is 104 Å². The molecule has 4 heterocycles. The minimum absolute atomic E-state index is 0. The van der Waals surface area contributed by atoms with Crippen LogP contribution in [-0.2, 0) is 17.1 Å². The van der Waals surface area contributed by atoms with Crippen LogP contribution in [0.15, 0.2) is 73.3 Å². The van der Waals surface area contributed by atoms with E-state index in [1.807, 2.05) is 0 Å². The van der Waals surface area contributed by atoms with Gasteiger partial charge in [0.05, 0.1) is 32.9 Å². The van der Waals surface area contributed by atoms with Gasteiger partial charge in [-0.05, 0) is 24.3 Å². The van der Waals surface area contributed by atoms with Crippen LogP contribution in [0, 0.1) is 30.6 Å². The topological polar surface area (TPSA) is 296 Å². The Morgan fingerprint density at radius 2 is 0.658 bits per heavy atom. The molecule has 0 aliphatic heterocycles. The molecule has 0 aromatic carbocycles. The maximum absolute atomic E-state index is 9.21. The second-order valence-electron chi connectivity index (χ2n) is 6.04. The number of hydrogen-bond acceptors (Lipinski definition) is 14. The molecule has 0 aliphatic carbocycles. The average molecular weight is 582 g/mol. The molecule has 6 N–H and O–H groups in total. The molecule has 4 rings (SSSR count). The first-order valence-corrected chi connectivity index (χ1v) is 9.21. The summed E-state index contributed by atoms with van der Waals surface area (Å²) in [6.45, 7) is 0. The standard InChI is InChI=1S/2C10H8N2O2.Cu.2NO3.H2O/c2*13-7-1-3-11-9(5-7)10-6-8(14)2-4-12-10;;2*2-1(3)4;/h2*1-6H,(H,11,13)(H,12,14);;;;1H2/q;;+2;2*-1;. The van der Waals surface area contributed by atoms with E-state index >= 15 is 0 Å². The van der Waals surface area contributed by atoms with Crippen molar-refractivity contribution in [3.63, 3.8) is 0 Å². The third-order valence-corrected chi connectivity index (χ3v) is 3.50. The molecule has 17 nitrogen and oxygen atoms in total. The minimum atomic E-state index is -1.75. The number of aromatic nitrogens is 4. The molecular formula is C20H18CuN6O11. The van der Waals surface area contributed by atoms with Gasteiger partial charge in [-0.1, -0.05) is 0 Å². The van der Waals surface area contributed by atoms with Crippen molar-refractivity contribution in [2.45, 2.75) is 0 Å². The zero-order valence-electron chi connectivity index (χ0n) is 18.7. The molecular weight excluding hydrogens is 564 g/mol. The Morgan fingerprint density at radius 3 is 0.789 bits per heavy atom. The molecule has 0 saturated heterocycles. The molecule has 205 valence electrons. The smallest absolute Gasteiger partial charge is 0.508 e. The zero-order valence-corrected chi connectivity index (χ0v) is 19.6. The Balaban J connectivity index is 0. The summed E-state index contributed by atoms with van der Waals surface area (Å²) in [5, 5.41) is 66.4. The molecule has 18 heteroatoms. The molecule has 0 atom stereocenters. The van der Waals surface area contributed by atoms with Gasteiger partial charge in [-0.2, -0.15) is 0 Å². The first-order valence-electron chi connectivity index (χ1n) is 9.21. The van der Waals surface area contributed by atoms with Crippen LogP contribution < -0.4 is 0 Å². The predicted molar refractivity (Wildman–Crippen MR) is 126 cm³/mol. The van der Waals surface area contributed by atoms with Crippen molar-refractivity contribution in [1.29, 1.82) is 0 Å².